The van der Waals surface area contributed by atoms with Crippen molar-refractivity contribution in [2.24, 2.45) is 0 Å². The Hall–Kier alpha value is -3.40. The molecule has 2 aromatic carbocycles. The van der Waals surface area contributed by atoms with Crippen molar-refractivity contribution in [1.82, 2.24) is 14.8 Å². The molecule has 0 unspecified atom stereocenters. The van der Waals surface area contributed by atoms with E-state index >= 15 is 0 Å². The van der Waals surface area contributed by atoms with E-state index in [-0.39, 0.29) is 5.78 Å². The molecule has 4 rings (SSSR count). The molecule has 0 aliphatic carbocycles. The lowest BCUT2D eigenvalue weighted by Crippen LogP contribution is -1.99. The molecule has 122 valence electrons. The Morgan fingerprint density at radius 1 is 1.08 bits per heavy atom. The first-order valence-corrected chi connectivity index (χ1v) is 8.14. The smallest absolute Gasteiger partial charge is 0.188 e. The Bertz CT molecular complexity index is 1040. The standard InChI is InChI=1S/C21H17N3O/c25-21(19-13-22-20-9-5-4-8-18(19)20)11-10-17-12-23-24(15-17)14-16-6-2-1-3-7-16/h1-13,15,22H,14H2/b11-10+. The third-order valence-electron chi connectivity index (χ3n) is 4.12. The number of rotatable bonds is 5. The van der Waals surface area contributed by atoms with Gasteiger partial charge >= 0.3 is 0 Å². The third-order valence-corrected chi connectivity index (χ3v) is 4.12. The number of fused-ring (bicyclic) bond motifs is 1. The van der Waals surface area contributed by atoms with Crippen molar-refractivity contribution in [2.45, 2.75) is 6.54 Å². The van der Waals surface area contributed by atoms with E-state index in [0.29, 0.717) is 12.1 Å². The van der Waals surface area contributed by atoms with Crippen molar-refractivity contribution in [3.63, 3.8) is 0 Å². The predicted octanol–water partition coefficient (Wildman–Crippen LogP) is 4.31. The highest BCUT2D eigenvalue weighted by Gasteiger charge is 2.08. The van der Waals surface area contributed by atoms with Crippen LogP contribution in [-0.4, -0.2) is 20.5 Å². The van der Waals surface area contributed by atoms with Gasteiger partial charge in [0.15, 0.2) is 5.78 Å². The topological polar surface area (TPSA) is 50.7 Å². The van der Waals surface area contributed by atoms with Gasteiger partial charge in [0, 0.05) is 34.4 Å². The fourth-order valence-corrected chi connectivity index (χ4v) is 2.86. The van der Waals surface area contributed by atoms with Crippen LogP contribution in [0.15, 0.2) is 79.3 Å². The van der Waals surface area contributed by atoms with Crippen LogP contribution in [0.1, 0.15) is 21.5 Å². The zero-order valence-corrected chi connectivity index (χ0v) is 13.6. The van der Waals surface area contributed by atoms with Crippen LogP contribution in [0.5, 0.6) is 0 Å². The van der Waals surface area contributed by atoms with E-state index in [9.17, 15) is 4.79 Å². The number of H-pyrrole nitrogens is 1. The number of hydrogen-bond acceptors (Lipinski definition) is 2. The number of allylic oxidation sites excluding steroid dienone is 1. The van der Waals surface area contributed by atoms with E-state index in [1.165, 1.54) is 5.56 Å². The fourth-order valence-electron chi connectivity index (χ4n) is 2.86. The number of nitrogens with zero attached hydrogens (tertiary/aromatic N) is 2. The summed E-state index contributed by atoms with van der Waals surface area (Å²) < 4.78 is 1.87. The Balaban J connectivity index is 1.49. The van der Waals surface area contributed by atoms with Crippen LogP contribution in [0.25, 0.3) is 17.0 Å². The minimum absolute atomic E-state index is 0.0201. The lowest BCUT2D eigenvalue weighted by atomic mass is 10.1. The largest absolute Gasteiger partial charge is 0.360 e. The number of nitrogens with one attached hydrogen (secondary N) is 1. The minimum Gasteiger partial charge on any atom is -0.360 e. The molecule has 0 bridgehead atoms. The monoisotopic (exact) mass is 327 g/mol. The molecule has 0 saturated heterocycles. The van der Waals surface area contributed by atoms with E-state index in [1.54, 1.807) is 24.5 Å². The summed E-state index contributed by atoms with van der Waals surface area (Å²) in [6, 6.07) is 18.0. The molecule has 0 saturated carbocycles. The third kappa shape index (κ3) is 3.28. The molecule has 0 radical (unpaired) electrons. The van der Waals surface area contributed by atoms with Crippen molar-refractivity contribution in [3.05, 3.63) is 96.0 Å². The summed E-state index contributed by atoms with van der Waals surface area (Å²) in [6.07, 6.45) is 8.86. The number of aromatic amines is 1. The molecule has 2 aromatic heterocycles. The van der Waals surface area contributed by atoms with E-state index < -0.39 is 0 Å². The highest BCUT2D eigenvalue weighted by Crippen LogP contribution is 2.18. The maximum absolute atomic E-state index is 12.5. The first-order valence-electron chi connectivity index (χ1n) is 8.14. The van der Waals surface area contributed by atoms with Gasteiger partial charge in [-0.15, -0.1) is 0 Å². The summed E-state index contributed by atoms with van der Waals surface area (Å²) in [5.41, 5.74) is 3.75. The average Bonchev–Trinajstić information content (AvgIpc) is 3.27. The Morgan fingerprint density at radius 2 is 1.88 bits per heavy atom. The van der Waals surface area contributed by atoms with Gasteiger partial charge in [-0.25, -0.2) is 0 Å². The number of aromatic nitrogens is 3. The summed E-state index contributed by atoms with van der Waals surface area (Å²) in [6.45, 7) is 0.713. The van der Waals surface area contributed by atoms with Crippen molar-refractivity contribution < 1.29 is 4.79 Å². The van der Waals surface area contributed by atoms with Crippen LogP contribution in [0, 0.1) is 0 Å². The summed E-state index contributed by atoms with van der Waals surface area (Å²) in [4.78, 5) is 15.6. The molecule has 1 N–H and O–H groups in total. The van der Waals surface area contributed by atoms with Crippen molar-refractivity contribution >= 4 is 22.8 Å². The summed E-state index contributed by atoms with van der Waals surface area (Å²) in [5.74, 6) is -0.0201. The zero-order chi connectivity index (χ0) is 17.1. The number of carbonyl (C=O) groups is 1. The maximum atomic E-state index is 12.5. The number of benzene rings is 2. The lowest BCUT2D eigenvalue weighted by Gasteiger charge is -2.00. The van der Waals surface area contributed by atoms with Crippen LogP contribution in [0.2, 0.25) is 0 Å². The average molecular weight is 327 g/mol. The molecule has 0 spiro atoms. The predicted molar refractivity (Wildman–Crippen MR) is 99.4 cm³/mol. The van der Waals surface area contributed by atoms with Crippen molar-refractivity contribution in [2.75, 3.05) is 0 Å². The van der Waals surface area contributed by atoms with Gasteiger partial charge in [0.2, 0.25) is 0 Å². The van der Waals surface area contributed by atoms with Crippen molar-refractivity contribution in [1.29, 1.82) is 0 Å². The summed E-state index contributed by atoms with van der Waals surface area (Å²) in [5, 5.41) is 5.29. The molecular formula is C21H17N3O. The van der Waals surface area contributed by atoms with Crippen LogP contribution < -0.4 is 0 Å². The number of para-hydroxylation sites is 1. The van der Waals surface area contributed by atoms with Gasteiger partial charge in [0.1, 0.15) is 0 Å². The van der Waals surface area contributed by atoms with Gasteiger partial charge in [0.05, 0.1) is 12.7 Å². The van der Waals surface area contributed by atoms with Crippen molar-refractivity contribution in [3.8, 4) is 0 Å². The number of carbonyl (C=O) groups excluding carboxylic acids is 1. The summed E-state index contributed by atoms with van der Waals surface area (Å²) >= 11 is 0. The SMILES string of the molecule is O=C(/C=C/c1cnn(Cc2ccccc2)c1)c1c[nH]c2ccccc12. The highest BCUT2D eigenvalue weighted by atomic mass is 16.1. The van der Waals surface area contributed by atoms with Crippen LogP contribution in [0.3, 0.4) is 0 Å². The van der Waals surface area contributed by atoms with E-state index in [0.717, 1.165) is 16.5 Å². The van der Waals surface area contributed by atoms with E-state index in [4.69, 9.17) is 0 Å². The molecule has 0 aliphatic heterocycles. The number of hydrogen-bond donors (Lipinski definition) is 1. The molecule has 4 aromatic rings. The minimum atomic E-state index is -0.0201. The molecule has 25 heavy (non-hydrogen) atoms. The van der Waals surface area contributed by atoms with E-state index in [1.807, 2.05) is 53.3 Å². The molecule has 4 nitrogen and oxygen atoms in total. The van der Waals surface area contributed by atoms with Crippen LogP contribution in [-0.2, 0) is 6.54 Å². The van der Waals surface area contributed by atoms with Gasteiger partial charge in [-0.3, -0.25) is 9.48 Å². The normalized spacial score (nSPS) is 11.4. The second kappa shape index (κ2) is 6.61. The molecule has 0 amide bonds. The second-order valence-corrected chi connectivity index (χ2v) is 5.90. The second-order valence-electron chi connectivity index (χ2n) is 5.90. The van der Waals surface area contributed by atoms with E-state index in [2.05, 4.69) is 22.2 Å². The molecular weight excluding hydrogens is 310 g/mol. The van der Waals surface area contributed by atoms with Gasteiger partial charge < -0.3 is 4.98 Å². The Morgan fingerprint density at radius 3 is 2.76 bits per heavy atom. The van der Waals surface area contributed by atoms with Crippen LogP contribution in [0.4, 0.5) is 0 Å². The lowest BCUT2D eigenvalue weighted by molar-refractivity contribution is 0.104. The quantitative estimate of drug-likeness (QED) is 0.439. The first kappa shape index (κ1) is 15.1. The zero-order valence-electron chi connectivity index (χ0n) is 13.6. The number of ketones is 1. The Kier molecular flexibility index (Phi) is 4.01. The van der Waals surface area contributed by atoms with Crippen LogP contribution >= 0.6 is 0 Å². The molecule has 0 fully saturated rings. The van der Waals surface area contributed by atoms with Gasteiger partial charge in [0.25, 0.3) is 0 Å². The molecule has 4 heteroatoms. The molecule has 2 heterocycles. The molecule has 0 atom stereocenters. The van der Waals surface area contributed by atoms with Gasteiger partial charge in [-0.1, -0.05) is 48.5 Å². The van der Waals surface area contributed by atoms with Gasteiger partial charge in [-0.05, 0) is 23.8 Å². The maximum Gasteiger partial charge on any atom is 0.188 e. The first-order chi connectivity index (χ1) is 12.3. The highest BCUT2D eigenvalue weighted by molar-refractivity contribution is 6.14. The fraction of sp³-hybridized carbons (Fsp3) is 0.0476. The Labute approximate surface area is 145 Å². The summed E-state index contributed by atoms with van der Waals surface area (Å²) in [7, 11) is 0. The van der Waals surface area contributed by atoms with Gasteiger partial charge in [-0.2, -0.15) is 5.10 Å². The molecule has 0 aliphatic rings.